The van der Waals surface area contributed by atoms with Gasteiger partial charge in [-0.2, -0.15) is 0 Å². The fourth-order valence-electron chi connectivity index (χ4n) is 1.26. The van der Waals surface area contributed by atoms with Crippen molar-refractivity contribution in [2.75, 3.05) is 7.05 Å². The van der Waals surface area contributed by atoms with E-state index in [2.05, 4.69) is 16.2 Å². The molecule has 5 heteroatoms. The summed E-state index contributed by atoms with van der Waals surface area (Å²) >= 11 is 0. The lowest BCUT2D eigenvalue weighted by Crippen LogP contribution is -2.52. The lowest BCUT2D eigenvalue weighted by molar-refractivity contribution is -0.135. The Bertz CT molecular complexity index is 223. The summed E-state index contributed by atoms with van der Waals surface area (Å²) in [6, 6.07) is -0.406. The SMILES string of the molecule is CNC(=O)NNC(=O)C1(C)CCC1. The molecule has 3 amide bonds. The molecule has 0 saturated heterocycles. The predicted molar refractivity (Wildman–Crippen MR) is 47.7 cm³/mol. The van der Waals surface area contributed by atoms with Crippen molar-refractivity contribution in [1.82, 2.24) is 16.2 Å². The van der Waals surface area contributed by atoms with E-state index in [-0.39, 0.29) is 11.3 Å². The van der Waals surface area contributed by atoms with Crippen molar-refractivity contribution in [1.29, 1.82) is 0 Å². The predicted octanol–water partition coefficient (Wildman–Crippen LogP) is 0.137. The van der Waals surface area contributed by atoms with Crippen LogP contribution in [0.3, 0.4) is 0 Å². The van der Waals surface area contributed by atoms with Crippen molar-refractivity contribution < 1.29 is 9.59 Å². The third-order valence-corrected chi connectivity index (χ3v) is 2.52. The molecule has 0 aromatic heterocycles. The van der Waals surface area contributed by atoms with Gasteiger partial charge in [0.05, 0.1) is 0 Å². The Labute approximate surface area is 77.2 Å². The largest absolute Gasteiger partial charge is 0.340 e. The summed E-state index contributed by atoms with van der Waals surface area (Å²) < 4.78 is 0. The van der Waals surface area contributed by atoms with Crippen LogP contribution in [0.2, 0.25) is 0 Å². The van der Waals surface area contributed by atoms with E-state index in [4.69, 9.17) is 0 Å². The monoisotopic (exact) mass is 185 g/mol. The lowest BCUT2D eigenvalue weighted by Gasteiger charge is -2.36. The minimum Gasteiger partial charge on any atom is -0.340 e. The van der Waals surface area contributed by atoms with E-state index in [9.17, 15) is 9.59 Å². The molecule has 74 valence electrons. The molecule has 0 aromatic carbocycles. The molecule has 0 aromatic rings. The maximum atomic E-state index is 11.4. The Kier molecular flexibility index (Phi) is 2.75. The summed E-state index contributed by atoms with van der Waals surface area (Å²) in [5.74, 6) is -0.109. The first-order valence-corrected chi connectivity index (χ1v) is 4.37. The zero-order valence-electron chi connectivity index (χ0n) is 7.94. The highest BCUT2D eigenvalue weighted by Gasteiger charge is 2.39. The van der Waals surface area contributed by atoms with Crippen LogP contribution in [0.5, 0.6) is 0 Å². The lowest BCUT2D eigenvalue weighted by atomic mass is 9.70. The van der Waals surface area contributed by atoms with Gasteiger partial charge in [-0.3, -0.25) is 10.2 Å². The number of hydrogen-bond acceptors (Lipinski definition) is 2. The van der Waals surface area contributed by atoms with Gasteiger partial charge in [-0.25, -0.2) is 10.2 Å². The van der Waals surface area contributed by atoms with Gasteiger partial charge in [-0.1, -0.05) is 13.3 Å². The molecule has 3 N–H and O–H groups in total. The number of urea groups is 1. The van der Waals surface area contributed by atoms with Gasteiger partial charge in [-0.15, -0.1) is 0 Å². The molecule has 0 unspecified atom stereocenters. The van der Waals surface area contributed by atoms with Crippen LogP contribution in [0.1, 0.15) is 26.2 Å². The van der Waals surface area contributed by atoms with E-state index < -0.39 is 6.03 Å². The van der Waals surface area contributed by atoms with Gasteiger partial charge >= 0.3 is 6.03 Å². The van der Waals surface area contributed by atoms with Crippen LogP contribution in [-0.2, 0) is 4.79 Å². The molecule has 0 bridgehead atoms. The zero-order valence-corrected chi connectivity index (χ0v) is 7.94. The van der Waals surface area contributed by atoms with Crippen LogP contribution in [0.15, 0.2) is 0 Å². The molecule has 0 heterocycles. The molecular formula is C8H15N3O2. The molecular weight excluding hydrogens is 170 g/mol. The molecule has 1 fully saturated rings. The van der Waals surface area contributed by atoms with Crippen LogP contribution in [0, 0.1) is 5.41 Å². The van der Waals surface area contributed by atoms with Crippen molar-refractivity contribution in [3.63, 3.8) is 0 Å². The quantitative estimate of drug-likeness (QED) is 0.508. The highest BCUT2D eigenvalue weighted by molar-refractivity contribution is 5.85. The third kappa shape index (κ3) is 2.11. The van der Waals surface area contributed by atoms with Gasteiger partial charge in [0.2, 0.25) is 5.91 Å². The third-order valence-electron chi connectivity index (χ3n) is 2.52. The first-order chi connectivity index (χ1) is 6.08. The van der Waals surface area contributed by atoms with E-state index >= 15 is 0 Å². The van der Waals surface area contributed by atoms with Crippen molar-refractivity contribution in [2.45, 2.75) is 26.2 Å². The summed E-state index contributed by atoms with van der Waals surface area (Å²) in [6.07, 6.45) is 2.88. The molecule has 0 radical (unpaired) electrons. The molecule has 1 aliphatic rings. The minimum absolute atomic E-state index is 0.109. The van der Waals surface area contributed by atoms with Gasteiger partial charge in [0.25, 0.3) is 0 Å². The fourth-order valence-corrected chi connectivity index (χ4v) is 1.26. The van der Waals surface area contributed by atoms with Crippen LogP contribution in [0.4, 0.5) is 4.79 Å². The van der Waals surface area contributed by atoms with E-state index in [0.717, 1.165) is 19.3 Å². The zero-order chi connectivity index (χ0) is 9.90. The smallest absolute Gasteiger partial charge is 0.333 e. The van der Waals surface area contributed by atoms with Crippen molar-refractivity contribution in [2.24, 2.45) is 5.41 Å². The standard InChI is InChI=1S/C8H15N3O2/c1-8(4-3-5-8)6(12)10-11-7(13)9-2/h3-5H2,1-2H3,(H,10,12)(H2,9,11,13). The molecule has 0 atom stereocenters. The number of carbonyl (C=O) groups excluding carboxylic acids is 2. The number of hydrogen-bond donors (Lipinski definition) is 3. The normalized spacial score (nSPS) is 18.3. The van der Waals surface area contributed by atoms with Crippen molar-refractivity contribution in [3.05, 3.63) is 0 Å². The van der Waals surface area contributed by atoms with Crippen molar-refractivity contribution in [3.8, 4) is 0 Å². The average molecular weight is 185 g/mol. The Morgan fingerprint density at radius 2 is 1.85 bits per heavy atom. The molecule has 5 nitrogen and oxygen atoms in total. The number of carbonyl (C=O) groups is 2. The van der Waals surface area contributed by atoms with Crippen molar-refractivity contribution >= 4 is 11.9 Å². The summed E-state index contributed by atoms with van der Waals surface area (Å²) in [6.45, 7) is 1.90. The second-order valence-corrected chi connectivity index (χ2v) is 3.57. The first kappa shape index (κ1) is 9.83. The van der Waals surface area contributed by atoms with E-state index in [1.807, 2.05) is 6.92 Å². The fraction of sp³-hybridized carbons (Fsp3) is 0.750. The molecule has 1 aliphatic carbocycles. The number of amides is 3. The van der Waals surface area contributed by atoms with Crippen LogP contribution < -0.4 is 16.2 Å². The molecule has 1 rings (SSSR count). The first-order valence-electron chi connectivity index (χ1n) is 4.37. The molecule has 0 spiro atoms. The van der Waals surface area contributed by atoms with Gasteiger partial charge in [0.15, 0.2) is 0 Å². The van der Waals surface area contributed by atoms with Gasteiger partial charge in [0.1, 0.15) is 0 Å². The second kappa shape index (κ2) is 3.64. The molecule has 1 saturated carbocycles. The highest BCUT2D eigenvalue weighted by Crippen LogP contribution is 2.40. The number of hydrazine groups is 1. The number of rotatable bonds is 1. The highest BCUT2D eigenvalue weighted by atomic mass is 16.2. The number of nitrogens with one attached hydrogen (secondary N) is 3. The van der Waals surface area contributed by atoms with E-state index in [0.29, 0.717) is 0 Å². The van der Waals surface area contributed by atoms with E-state index in [1.165, 1.54) is 7.05 Å². The van der Waals surface area contributed by atoms with Crippen LogP contribution in [0.25, 0.3) is 0 Å². The Morgan fingerprint density at radius 1 is 1.23 bits per heavy atom. The van der Waals surface area contributed by atoms with Gasteiger partial charge in [-0.05, 0) is 12.8 Å². The Hall–Kier alpha value is -1.26. The summed E-state index contributed by atoms with van der Waals surface area (Å²) in [5, 5.41) is 2.34. The summed E-state index contributed by atoms with van der Waals surface area (Å²) in [7, 11) is 1.49. The van der Waals surface area contributed by atoms with Gasteiger partial charge < -0.3 is 5.32 Å². The molecule has 0 aliphatic heterocycles. The van der Waals surface area contributed by atoms with E-state index in [1.54, 1.807) is 0 Å². The topological polar surface area (TPSA) is 70.2 Å². The summed E-state index contributed by atoms with van der Waals surface area (Å²) in [5.41, 5.74) is 4.35. The maximum absolute atomic E-state index is 11.4. The summed E-state index contributed by atoms with van der Waals surface area (Å²) in [4.78, 5) is 22.1. The second-order valence-electron chi connectivity index (χ2n) is 3.57. The maximum Gasteiger partial charge on any atom is 0.333 e. The van der Waals surface area contributed by atoms with Gasteiger partial charge in [0, 0.05) is 12.5 Å². The molecule has 13 heavy (non-hydrogen) atoms. The Morgan fingerprint density at radius 3 is 2.23 bits per heavy atom. The minimum atomic E-state index is -0.406. The Balaban J connectivity index is 2.29. The average Bonchev–Trinajstić information content (AvgIpc) is 2.09. The van der Waals surface area contributed by atoms with Crippen LogP contribution in [-0.4, -0.2) is 19.0 Å². The van der Waals surface area contributed by atoms with Crippen LogP contribution >= 0.6 is 0 Å².